The Hall–Kier alpha value is -3.45. The molecule has 2 amide bonds. The molecule has 1 saturated heterocycles. The smallest absolute Gasteiger partial charge is 0.393 e. The fraction of sp³-hybridized carbons (Fsp3) is 0.318. The van der Waals surface area contributed by atoms with Crippen molar-refractivity contribution in [1.82, 2.24) is 4.90 Å². The molecular formula is C22H17F4N3O3. The first-order valence-corrected chi connectivity index (χ1v) is 9.71. The zero-order valence-electron chi connectivity index (χ0n) is 16.6. The molecular weight excluding hydrogens is 430 g/mol. The molecule has 0 atom stereocenters. The molecule has 166 valence electrons. The van der Waals surface area contributed by atoms with Crippen molar-refractivity contribution in [3.8, 4) is 6.07 Å². The molecule has 1 aliphatic carbocycles. The van der Waals surface area contributed by atoms with E-state index in [-0.39, 0.29) is 30.6 Å². The summed E-state index contributed by atoms with van der Waals surface area (Å²) in [4.78, 5) is 28.6. The van der Waals surface area contributed by atoms with E-state index in [4.69, 9.17) is 5.26 Å². The molecule has 1 aliphatic heterocycles. The molecule has 0 bridgehead atoms. The van der Waals surface area contributed by atoms with Crippen LogP contribution in [-0.2, 0) is 22.3 Å². The Balaban J connectivity index is 1.64. The van der Waals surface area contributed by atoms with Crippen LogP contribution in [0.4, 0.5) is 23.2 Å². The molecule has 4 rings (SSSR count). The molecule has 0 radical (unpaired) electrons. The van der Waals surface area contributed by atoms with Gasteiger partial charge in [0.25, 0.3) is 5.91 Å². The number of alkyl halides is 3. The maximum Gasteiger partial charge on any atom is 0.416 e. The molecule has 6 nitrogen and oxygen atoms in total. The summed E-state index contributed by atoms with van der Waals surface area (Å²) >= 11 is 0. The molecule has 1 saturated carbocycles. The molecule has 2 fully saturated rings. The number of hydrogen-bond acceptors (Lipinski definition) is 4. The third kappa shape index (κ3) is 3.58. The highest BCUT2D eigenvalue weighted by Crippen LogP contribution is 2.44. The van der Waals surface area contributed by atoms with E-state index in [0.717, 1.165) is 23.1 Å². The summed E-state index contributed by atoms with van der Waals surface area (Å²) in [5.41, 5.74) is -1.97. The van der Waals surface area contributed by atoms with E-state index in [1.165, 1.54) is 29.2 Å². The fourth-order valence-corrected chi connectivity index (χ4v) is 4.22. The minimum atomic E-state index is -4.50. The van der Waals surface area contributed by atoms with Gasteiger partial charge in [0.05, 0.1) is 29.0 Å². The number of aliphatic hydroxyl groups is 1. The van der Waals surface area contributed by atoms with Gasteiger partial charge in [-0.25, -0.2) is 4.39 Å². The van der Waals surface area contributed by atoms with Gasteiger partial charge in [0, 0.05) is 19.4 Å². The SMILES string of the molecule is N#Cc1ccc(N2CC(=O)N(Cc3ccc(C(F)(F)F)cc3)C3(CC(O)C3)C2=O)c(F)c1. The molecule has 10 heteroatoms. The van der Waals surface area contributed by atoms with Gasteiger partial charge in [-0.05, 0) is 35.9 Å². The summed E-state index contributed by atoms with van der Waals surface area (Å²) in [6.45, 7) is -0.598. The predicted molar refractivity (Wildman–Crippen MR) is 103 cm³/mol. The van der Waals surface area contributed by atoms with E-state index in [0.29, 0.717) is 5.56 Å². The number of hydrogen-bond donors (Lipinski definition) is 1. The second-order valence-corrected chi connectivity index (χ2v) is 7.94. The van der Waals surface area contributed by atoms with Crippen LogP contribution in [0.5, 0.6) is 0 Å². The maximum absolute atomic E-state index is 14.5. The minimum Gasteiger partial charge on any atom is -0.393 e. The van der Waals surface area contributed by atoms with Crippen LogP contribution >= 0.6 is 0 Å². The quantitative estimate of drug-likeness (QED) is 0.734. The number of nitrogens with zero attached hydrogens (tertiary/aromatic N) is 3. The highest BCUT2D eigenvalue weighted by Gasteiger charge is 2.60. The van der Waals surface area contributed by atoms with Crippen LogP contribution in [-0.4, -0.2) is 40.0 Å². The maximum atomic E-state index is 14.5. The van der Waals surface area contributed by atoms with Crippen molar-refractivity contribution < 1.29 is 32.3 Å². The van der Waals surface area contributed by atoms with Crippen LogP contribution < -0.4 is 4.90 Å². The molecule has 2 aromatic carbocycles. The van der Waals surface area contributed by atoms with E-state index in [9.17, 15) is 32.3 Å². The third-order valence-electron chi connectivity index (χ3n) is 5.89. The Morgan fingerprint density at radius 2 is 1.78 bits per heavy atom. The normalized spacial score (nSPS) is 23.3. The van der Waals surface area contributed by atoms with Crippen LogP contribution in [0, 0.1) is 17.1 Å². The van der Waals surface area contributed by atoms with E-state index in [2.05, 4.69) is 0 Å². The summed E-state index contributed by atoms with van der Waals surface area (Å²) < 4.78 is 53.0. The second kappa shape index (κ2) is 7.60. The van der Waals surface area contributed by atoms with Crippen molar-refractivity contribution in [3.63, 3.8) is 0 Å². The van der Waals surface area contributed by atoms with E-state index in [1.807, 2.05) is 0 Å². The molecule has 0 unspecified atom stereocenters. The van der Waals surface area contributed by atoms with Crippen LogP contribution in [0.3, 0.4) is 0 Å². The summed E-state index contributed by atoms with van der Waals surface area (Å²) in [6, 6.07) is 9.57. The molecule has 1 heterocycles. The van der Waals surface area contributed by atoms with Gasteiger partial charge in [0.15, 0.2) is 0 Å². The summed E-state index contributed by atoms with van der Waals surface area (Å²) in [6.07, 6.45) is -5.47. The Labute approximate surface area is 180 Å². The molecule has 1 N–H and O–H groups in total. The van der Waals surface area contributed by atoms with Crippen LogP contribution in [0.15, 0.2) is 42.5 Å². The van der Waals surface area contributed by atoms with Crippen molar-refractivity contribution in [1.29, 1.82) is 5.26 Å². The predicted octanol–water partition coefficient (Wildman–Crippen LogP) is 2.99. The summed E-state index contributed by atoms with van der Waals surface area (Å²) in [5, 5.41) is 18.8. The highest BCUT2D eigenvalue weighted by molar-refractivity contribution is 6.09. The van der Waals surface area contributed by atoms with Gasteiger partial charge in [0.1, 0.15) is 17.9 Å². The Morgan fingerprint density at radius 3 is 2.31 bits per heavy atom. The topological polar surface area (TPSA) is 84.6 Å². The number of carbonyl (C=O) groups is 2. The lowest BCUT2D eigenvalue weighted by Gasteiger charge is -2.55. The number of piperazine rings is 1. The van der Waals surface area contributed by atoms with Gasteiger partial charge in [-0.1, -0.05) is 12.1 Å². The minimum absolute atomic E-state index is 0.0553. The fourth-order valence-electron chi connectivity index (χ4n) is 4.22. The third-order valence-corrected chi connectivity index (χ3v) is 5.89. The summed E-state index contributed by atoms with van der Waals surface area (Å²) in [7, 11) is 0. The second-order valence-electron chi connectivity index (χ2n) is 7.94. The van der Waals surface area contributed by atoms with Crippen molar-refractivity contribution in [3.05, 3.63) is 65.0 Å². The number of amides is 2. The Morgan fingerprint density at radius 1 is 1.12 bits per heavy atom. The molecule has 2 aromatic rings. The summed E-state index contributed by atoms with van der Waals surface area (Å²) in [5.74, 6) is -1.95. The van der Waals surface area contributed by atoms with Crippen LogP contribution in [0.25, 0.3) is 0 Å². The largest absolute Gasteiger partial charge is 0.416 e. The lowest BCUT2D eigenvalue weighted by Crippen LogP contribution is -2.73. The van der Waals surface area contributed by atoms with Gasteiger partial charge in [0.2, 0.25) is 5.91 Å². The van der Waals surface area contributed by atoms with Crippen LogP contribution in [0.1, 0.15) is 29.5 Å². The zero-order chi connectivity index (χ0) is 23.3. The number of nitriles is 1. The number of halogens is 4. The highest BCUT2D eigenvalue weighted by atomic mass is 19.4. The van der Waals surface area contributed by atoms with Gasteiger partial charge in [-0.3, -0.25) is 14.5 Å². The molecule has 0 aromatic heterocycles. The van der Waals surface area contributed by atoms with Crippen LogP contribution in [0.2, 0.25) is 0 Å². The van der Waals surface area contributed by atoms with Crippen molar-refractivity contribution in [2.24, 2.45) is 0 Å². The van der Waals surface area contributed by atoms with Crippen molar-refractivity contribution in [2.45, 2.75) is 37.2 Å². The molecule has 2 aliphatic rings. The average Bonchev–Trinajstić information content (AvgIpc) is 2.72. The first-order valence-electron chi connectivity index (χ1n) is 9.71. The molecule has 32 heavy (non-hydrogen) atoms. The van der Waals surface area contributed by atoms with E-state index in [1.54, 1.807) is 6.07 Å². The zero-order valence-corrected chi connectivity index (χ0v) is 16.6. The lowest BCUT2D eigenvalue weighted by atomic mass is 9.70. The number of aliphatic hydroxyl groups excluding tert-OH is 1. The Kier molecular flexibility index (Phi) is 5.17. The number of anilines is 1. The standard InChI is InChI=1S/C22H17F4N3O3/c23-17-7-14(10-27)3-6-18(17)28-12-19(31)29(21(20(28)32)8-16(30)9-21)11-13-1-4-15(5-2-13)22(24,25)26/h1-7,16,30H,8-9,11-12H2. The van der Waals surface area contributed by atoms with Gasteiger partial charge < -0.3 is 10.0 Å². The van der Waals surface area contributed by atoms with E-state index < -0.39 is 47.6 Å². The van der Waals surface area contributed by atoms with Gasteiger partial charge >= 0.3 is 6.18 Å². The first kappa shape index (κ1) is 21.8. The monoisotopic (exact) mass is 447 g/mol. The Bertz CT molecular complexity index is 1120. The number of rotatable bonds is 3. The van der Waals surface area contributed by atoms with E-state index >= 15 is 0 Å². The first-order chi connectivity index (χ1) is 15.0. The lowest BCUT2D eigenvalue weighted by molar-refractivity contribution is -0.167. The van der Waals surface area contributed by atoms with Gasteiger partial charge in [-0.15, -0.1) is 0 Å². The molecule has 1 spiro atoms. The van der Waals surface area contributed by atoms with Gasteiger partial charge in [-0.2, -0.15) is 18.4 Å². The van der Waals surface area contributed by atoms with Crippen molar-refractivity contribution >= 4 is 17.5 Å². The number of benzene rings is 2. The van der Waals surface area contributed by atoms with Crippen molar-refractivity contribution in [2.75, 3.05) is 11.4 Å². The average molecular weight is 447 g/mol. The number of carbonyl (C=O) groups excluding carboxylic acids is 2.